The van der Waals surface area contributed by atoms with Gasteiger partial charge in [-0.1, -0.05) is 6.07 Å². The fraction of sp³-hybridized carbons (Fsp3) is 0.318. The molecular formula is C22H21N3O5S. The van der Waals surface area contributed by atoms with E-state index >= 15 is 0 Å². The Morgan fingerprint density at radius 1 is 1.19 bits per heavy atom. The van der Waals surface area contributed by atoms with Gasteiger partial charge in [0.05, 0.1) is 23.6 Å². The van der Waals surface area contributed by atoms with E-state index < -0.39 is 0 Å². The molecule has 1 saturated heterocycles. The van der Waals surface area contributed by atoms with Crippen molar-refractivity contribution >= 4 is 29.0 Å². The lowest BCUT2D eigenvalue weighted by molar-refractivity contribution is 0.0950. The van der Waals surface area contributed by atoms with Gasteiger partial charge in [-0.25, -0.2) is 0 Å². The highest BCUT2D eigenvalue weighted by atomic mass is 32.1. The Bertz CT molecular complexity index is 1280. The Labute approximate surface area is 182 Å². The van der Waals surface area contributed by atoms with Crippen molar-refractivity contribution in [2.45, 2.75) is 32.0 Å². The molecule has 2 aromatic carbocycles. The van der Waals surface area contributed by atoms with Crippen LogP contribution < -0.4 is 20.3 Å². The largest absolute Gasteiger partial charge is 0.454 e. The first kappa shape index (κ1) is 19.8. The number of amides is 1. The normalized spacial score (nSPS) is 17.2. The average Bonchev–Trinajstić information content (AvgIpc) is 3.46. The minimum absolute atomic E-state index is 0.00600. The van der Waals surface area contributed by atoms with Gasteiger partial charge in [0.2, 0.25) is 6.79 Å². The number of benzene rings is 2. The Hall–Kier alpha value is -3.17. The highest BCUT2D eigenvalue weighted by Crippen LogP contribution is 2.32. The number of aromatic nitrogens is 2. The molecule has 8 nitrogen and oxygen atoms in total. The lowest BCUT2D eigenvalue weighted by Crippen LogP contribution is -2.28. The molecule has 1 amide bonds. The van der Waals surface area contributed by atoms with Crippen LogP contribution in [0.25, 0.3) is 10.9 Å². The van der Waals surface area contributed by atoms with E-state index in [0.29, 0.717) is 52.4 Å². The fourth-order valence-corrected chi connectivity index (χ4v) is 4.16. The Morgan fingerprint density at radius 3 is 2.90 bits per heavy atom. The third-order valence-corrected chi connectivity index (χ3v) is 5.87. The topological polar surface area (TPSA) is 94.6 Å². The highest BCUT2D eigenvalue weighted by Gasteiger charge is 2.19. The van der Waals surface area contributed by atoms with E-state index in [9.17, 15) is 9.59 Å². The van der Waals surface area contributed by atoms with Crippen molar-refractivity contribution in [1.82, 2.24) is 14.9 Å². The number of hydrogen-bond acceptors (Lipinski definition) is 6. The van der Waals surface area contributed by atoms with E-state index in [4.69, 9.17) is 26.4 Å². The third kappa shape index (κ3) is 3.94. The van der Waals surface area contributed by atoms with Gasteiger partial charge in [-0.2, -0.15) is 0 Å². The predicted octanol–water partition coefficient (Wildman–Crippen LogP) is 2.90. The molecule has 0 unspecified atom stereocenters. The second-order valence-electron chi connectivity index (χ2n) is 7.61. The molecule has 0 spiro atoms. The molecule has 1 aromatic heterocycles. The van der Waals surface area contributed by atoms with Crippen molar-refractivity contribution in [2.24, 2.45) is 0 Å². The number of rotatable bonds is 5. The smallest absolute Gasteiger partial charge is 0.262 e. The molecule has 9 heteroatoms. The molecule has 3 heterocycles. The van der Waals surface area contributed by atoms with Crippen LogP contribution in [0.15, 0.2) is 41.2 Å². The molecule has 0 aliphatic carbocycles. The molecule has 2 aliphatic heterocycles. The maximum atomic E-state index is 12.9. The van der Waals surface area contributed by atoms with Gasteiger partial charge >= 0.3 is 0 Å². The summed E-state index contributed by atoms with van der Waals surface area (Å²) in [7, 11) is 0. The second-order valence-corrected chi connectivity index (χ2v) is 8.00. The number of hydrogen-bond donors (Lipinski definition) is 2. The molecule has 1 atom stereocenters. The van der Waals surface area contributed by atoms with Gasteiger partial charge in [0.1, 0.15) is 0 Å². The number of nitrogens with one attached hydrogen (secondary N) is 2. The first-order chi connectivity index (χ1) is 15.1. The van der Waals surface area contributed by atoms with E-state index in [0.717, 1.165) is 18.4 Å². The molecule has 3 aromatic rings. The summed E-state index contributed by atoms with van der Waals surface area (Å²) < 4.78 is 18.2. The predicted molar refractivity (Wildman–Crippen MR) is 116 cm³/mol. The molecule has 0 radical (unpaired) electrons. The number of nitrogens with zero attached hydrogens (tertiary/aromatic N) is 1. The Kier molecular flexibility index (Phi) is 5.21. The summed E-state index contributed by atoms with van der Waals surface area (Å²) in [5, 5.41) is 3.37. The van der Waals surface area contributed by atoms with E-state index in [2.05, 4.69) is 10.3 Å². The van der Waals surface area contributed by atoms with Gasteiger partial charge in [0.25, 0.3) is 11.5 Å². The molecule has 31 heavy (non-hydrogen) atoms. The molecule has 2 N–H and O–H groups in total. The molecule has 1 fully saturated rings. The van der Waals surface area contributed by atoms with Crippen LogP contribution in [0.2, 0.25) is 0 Å². The van der Waals surface area contributed by atoms with Crippen LogP contribution in [0.5, 0.6) is 11.5 Å². The maximum absolute atomic E-state index is 12.9. The Morgan fingerprint density at radius 2 is 2.06 bits per heavy atom. The summed E-state index contributed by atoms with van der Waals surface area (Å²) in [5.74, 6) is 1.12. The average molecular weight is 439 g/mol. The third-order valence-electron chi connectivity index (χ3n) is 5.54. The van der Waals surface area contributed by atoms with E-state index in [1.807, 2.05) is 18.2 Å². The number of fused-ring (bicyclic) bond motifs is 2. The van der Waals surface area contributed by atoms with Gasteiger partial charge < -0.3 is 24.5 Å². The monoisotopic (exact) mass is 439 g/mol. The van der Waals surface area contributed by atoms with E-state index in [1.165, 1.54) is 4.57 Å². The summed E-state index contributed by atoms with van der Waals surface area (Å²) in [6, 6.07) is 10.5. The quantitative estimate of drug-likeness (QED) is 0.594. The summed E-state index contributed by atoms with van der Waals surface area (Å²) in [6.07, 6.45) is 1.92. The lowest BCUT2D eigenvalue weighted by Gasteiger charge is -2.13. The van der Waals surface area contributed by atoms with Crippen LogP contribution in [-0.2, 0) is 17.8 Å². The Balaban J connectivity index is 1.34. The summed E-state index contributed by atoms with van der Waals surface area (Å²) in [6.45, 7) is 1.70. The number of carbonyl (C=O) groups excluding carboxylic acids is 1. The van der Waals surface area contributed by atoms with Gasteiger partial charge in [0.15, 0.2) is 16.3 Å². The minimum atomic E-state index is -0.248. The summed E-state index contributed by atoms with van der Waals surface area (Å²) in [5.41, 5.74) is 1.70. The van der Waals surface area contributed by atoms with Crippen LogP contribution >= 0.6 is 12.2 Å². The fourth-order valence-electron chi connectivity index (χ4n) is 3.89. The van der Waals surface area contributed by atoms with Gasteiger partial charge in [0, 0.05) is 18.7 Å². The molecular weight excluding hydrogens is 418 g/mol. The zero-order valence-corrected chi connectivity index (χ0v) is 17.5. The van der Waals surface area contributed by atoms with Crippen LogP contribution in [-0.4, -0.2) is 35.0 Å². The highest BCUT2D eigenvalue weighted by molar-refractivity contribution is 7.71. The van der Waals surface area contributed by atoms with Crippen molar-refractivity contribution in [2.75, 3.05) is 13.4 Å². The summed E-state index contributed by atoms with van der Waals surface area (Å²) in [4.78, 5) is 28.7. The van der Waals surface area contributed by atoms with Gasteiger partial charge in [-0.05, 0) is 61.0 Å². The molecule has 2 aliphatic rings. The number of carbonyl (C=O) groups is 1. The number of aromatic amines is 1. The van der Waals surface area contributed by atoms with E-state index in [1.54, 1.807) is 18.2 Å². The van der Waals surface area contributed by atoms with Crippen molar-refractivity contribution in [3.8, 4) is 11.5 Å². The van der Waals surface area contributed by atoms with Crippen molar-refractivity contribution in [3.05, 3.63) is 62.6 Å². The van der Waals surface area contributed by atoms with Crippen LogP contribution in [0, 0.1) is 4.77 Å². The molecule has 160 valence electrons. The van der Waals surface area contributed by atoms with E-state index in [-0.39, 0.29) is 24.4 Å². The SMILES string of the molecule is O=C(NCc1ccc2c(c1)OCO2)c1ccc2c(=O)n(C[C@H]3CCCO3)c(=S)[nH]c2c1. The maximum Gasteiger partial charge on any atom is 0.262 e. The molecule has 0 bridgehead atoms. The van der Waals surface area contributed by atoms with Gasteiger partial charge in [-0.15, -0.1) is 0 Å². The van der Waals surface area contributed by atoms with Crippen molar-refractivity contribution in [3.63, 3.8) is 0 Å². The molecule has 0 saturated carbocycles. The standard InChI is InChI=1S/C22H21N3O5S/c26-20(23-10-13-3-6-18-19(8-13)30-12-29-18)14-4-5-16-17(9-14)24-22(31)25(21(16)27)11-15-2-1-7-28-15/h3-6,8-9,15H,1-2,7,10-12H2,(H,23,26)(H,24,31)/t15-/m1/s1. The second kappa shape index (κ2) is 8.16. The number of ether oxygens (including phenoxy) is 3. The zero-order valence-electron chi connectivity index (χ0n) is 16.7. The first-order valence-electron chi connectivity index (χ1n) is 10.1. The molecule has 5 rings (SSSR count). The minimum Gasteiger partial charge on any atom is -0.454 e. The zero-order chi connectivity index (χ0) is 21.4. The number of H-pyrrole nitrogens is 1. The van der Waals surface area contributed by atoms with Crippen LogP contribution in [0.1, 0.15) is 28.8 Å². The van der Waals surface area contributed by atoms with Crippen molar-refractivity contribution < 1.29 is 19.0 Å². The van der Waals surface area contributed by atoms with Crippen LogP contribution in [0.3, 0.4) is 0 Å². The first-order valence-corrected chi connectivity index (χ1v) is 10.5. The van der Waals surface area contributed by atoms with Crippen molar-refractivity contribution in [1.29, 1.82) is 0 Å². The lowest BCUT2D eigenvalue weighted by atomic mass is 10.1. The van der Waals surface area contributed by atoms with Crippen LogP contribution in [0.4, 0.5) is 0 Å². The summed E-state index contributed by atoms with van der Waals surface area (Å²) >= 11 is 5.39. The van der Waals surface area contributed by atoms with Gasteiger partial charge in [-0.3, -0.25) is 14.2 Å².